The zero-order valence-electron chi connectivity index (χ0n) is 17.6. The van der Waals surface area contributed by atoms with Crippen LogP contribution in [0.15, 0.2) is 48.5 Å². The van der Waals surface area contributed by atoms with Gasteiger partial charge >= 0.3 is 0 Å². The Morgan fingerprint density at radius 3 is 1.97 bits per heavy atom. The van der Waals surface area contributed by atoms with E-state index in [1.54, 1.807) is 48.5 Å². The van der Waals surface area contributed by atoms with Crippen molar-refractivity contribution in [3.63, 3.8) is 0 Å². The molecular weight excluding hydrogens is 366 g/mol. The molecule has 0 spiro atoms. The van der Waals surface area contributed by atoms with E-state index >= 15 is 0 Å². The molecule has 2 aromatic carbocycles. The predicted octanol–water partition coefficient (Wildman–Crippen LogP) is 4.91. The molecule has 0 unspecified atom stereocenters. The Balaban J connectivity index is 2.00. The maximum Gasteiger partial charge on any atom is 0.255 e. The van der Waals surface area contributed by atoms with Gasteiger partial charge < -0.3 is 16.0 Å². The van der Waals surface area contributed by atoms with Crippen LogP contribution in [0.3, 0.4) is 0 Å². The maximum absolute atomic E-state index is 12.5. The number of rotatable bonds is 6. The van der Waals surface area contributed by atoms with Crippen molar-refractivity contribution in [1.29, 1.82) is 0 Å². The average molecular weight is 396 g/mol. The minimum atomic E-state index is -0.523. The first-order chi connectivity index (χ1) is 13.5. The van der Waals surface area contributed by atoms with Crippen molar-refractivity contribution in [1.82, 2.24) is 0 Å². The lowest BCUT2D eigenvalue weighted by Crippen LogP contribution is -2.27. The van der Waals surface area contributed by atoms with Gasteiger partial charge in [-0.1, -0.05) is 40.7 Å². The largest absolute Gasteiger partial charge is 0.326 e. The molecule has 0 saturated carbocycles. The second-order valence-electron chi connectivity index (χ2n) is 8.46. The van der Waals surface area contributed by atoms with E-state index in [1.165, 1.54) is 0 Å². The molecule has 154 valence electrons. The van der Waals surface area contributed by atoms with Crippen molar-refractivity contribution in [2.45, 2.75) is 41.0 Å². The van der Waals surface area contributed by atoms with Crippen LogP contribution in [0.25, 0.3) is 0 Å². The van der Waals surface area contributed by atoms with E-state index < -0.39 is 5.41 Å². The Labute approximate surface area is 172 Å². The molecule has 6 heteroatoms. The van der Waals surface area contributed by atoms with Crippen LogP contribution in [0.1, 0.15) is 51.4 Å². The molecule has 0 heterocycles. The fourth-order valence-electron chi connectivity index (χ4n) is 2.48. The van der Waals surface area contributed by atoms with E-state index in [-0.39, 0.29) is 23.6 Å². The fourth-order valence-corrected chi connectivity index (χ4v) is 2.48. The van der Waals surface area contributed by atoms with E-state index in [0.29, 0.717) is 29.0 Å². The van der Waals surface area contributed by atoms with Crippen LogP contribution in [0.5, 0.6) is 0 Å². The molecular formula is C23H29N3O3. The van der Waals surface area contributed by atoms with E-state index in [0.717, 1.165) is 0 Å². The lowest BCUT2D eigenvalue weighted by atomic mass is 9.95. The molecule has 3 amide bonds. The lowest BCUT2D eigenvalue weighted by Gasteiger charge is -2.18. The van der Waals surface area contributed by atoms with Crippen molar-refractivity contribution in [2.75, 3.05) is 16.0 Å². The summed E-state index contributed by atoms with van der Waals surface area (Å²) in [5.41, 5.74) is 1.78. The number of benzene rings is 2. The van der Waals surface area contributed by atoms with Gasteiger partial charge in [-0.05, 0) is 48.4 Å². The van der Waals surface area contributed by atoms with Crippen LogP contribution in [-0.2, 0) is 9.59 Å². The van der Waals surface area contributed by atoms with Crippen molar-refractivity contribution in [3.8, 4) is 0 Å². The zero-order chi connectivity index (χ0) is 21.6. The highest BCUT2D eigenvalue weighted by molar-refractivity contribution is 6.05. The molecule has 0 aliphatic heterocycles. The van der Waals surface area contributed by atoms with Crippen LogP contribution >= 0.6 is 0 Å². The van der Waals surface area contributed by atoms with Crippen molar-refractivity contribution in [3.05, 3.63) is 54.1 Å². The van der Waals surface area contributed by atoms with Gasteiger partial charge in [0.25, 0.3) is 5.91 Å². The number of carbonyl (C=O) groups excluding carboxylic acids is 3. The molecule has 29 heavy (non-hydrogen) atoms. The molecule has 0 saturated heterocycles. The first kappa shape index (κ1) is 22.1. The highest BCUT2D eigenvalue weighted by Gasteiger charge is 2.21. The highest BCUT2D eigenvalue weighted by Crippen LogP contribution is 2.19. The minimum absolute atomic E-state index is 0.0362. The Hall–Kier alpha value is -3.15. The van der Waals surface area contributed by atoms with Crippen LogP contribution in [0, 0.1) is 11.3 Å². The summed E-state index contributed by atoms with van der Waals surface area (Å²) in [5.74, 6) is -0.151. The molecule has 0 aromatic heterocycles. The number of anilines is 3. The van der Waals surface area contributed by atoms with Gasteiger partial charge in [0.05, 0.1) is 0 Å². The third-order valence-electron chi connectivity index (χ3n) is 4.08. The lowest BCUT2D eigenvalue weighted by molar-refractivity contribution is -0.123. The minimum Gasteiger partial charge on any atom is -0.326 e. The second-order valence-corrected chi connectivity index (χ2v) is 8.46. The quantitative estimate of drug-likeness (QED) is 0.649. The van der Waals surface area contributed by atoms with Crippen LogP contribution < -0.4 is 16.0 Å². The van der Waals surface area contributed by atoms with Crippen LogP contribution in [-0.4, -0.2) is 17.7 Å². The summed E-state index contributed by atoms with van der Waals surface area (Å²) in [4.78, 5) is 36.5. The smallest absolute Gasteiger partial charge is 0.255 e. The maximum atomic E-state index is 12.5. The predicted molar refractivity (Wildman–Crippen MR) is 117 cm³/mol. The van der Waals surface area contributed by atoms with E-state index in [4.69, 9.17) is 0 Å². The first-order valence-corrected chi connectivity index (χ1v) is 9.67. The van der Waals surface area contributed by atoms with Gasteiger partial charge in [-0.3, -0.25) is 14.4 Å². The standard InChI is InChI=1S/C23H29N3O3/c1-15(2)13-20(27)24-17-9-11-18(12-10-17)25-21(28)16-7-6-8-19(14-16)26-22(29)23(3,4)5/h6-12,14-15H,13H2,1-5H3,(H,24,27)(H,25,28)(H,26,29). The fraction of sp³-hybridized carbons (Fsp3) is 0.348. The van der Waals surface area contributed by atoms with Crippen LogP contribution in [0.2, 0.25) is 0 Å². The van der Waals surface area contributed by atoms with Gasteiger partial charge in [0.15, 0.2) is 0 Å². The summed E-state index contributed by atoms with van der Waals surface area (Å²) in [6, 6.07) is 13.7. The SMILES string of the molecule is CC(C)CC(=O)Nc1ccc(NC(=O)c2cccc(NC(=O)C(C)(C)C)c2)cc1. The molecule has 0 radical (unpaired) electrons. The summed E-state index contributed by atoms with van der Waals surface area (Å²) in [5, 5.41) is 8.47. The van der Waals surface area contributed by atoms with Gasteiger partial charge in [0, 0.05) is 34.5 Å². The molecule has 6 nitrogen and oxygen atoms in total. The molecule has 0 aliphatic carbocycles. The summed E-state index contributed by atoms with van der Waals surface area (Å²) in [6.07, 6.45) is 0.459. The molecule has 0 aliphatic rings. The van der Waals surface area contributed by atoms with Crippen molar-refractivity contribution < 1.29 is 14.4 Å². The molecule has 0 atom stereocenters. The molecule has 0 fully saturated rings. The molecule has 0 bridgehead atoms. The van der Waals surface area contributed by atoms with Gasteiger partial charge in [-0.15, -0.1) is 0 Å². The molecule has 3 N–H and O–H groups in total. The topological polar surface area (TPSA) is 87.3 Å². The first-order valence-electron chi connectivity index (χ1n) is 9.67. The summed E-state index contributed by atoms with van der Waals surface area (Å²) >= 11 is 0. The van der Waals surface area contributed by atoms with Crippen molar-refractivity contribution in [2.24, 2.45) is 11.3 Å². The zero-order valence-corrected chi connectivity index (χ0v) is 17.6. The third kappa shape index (κ3) is 7.07. The monoisotopic (exact) mass is 395 g/mol. The number of hydrogen-bond donors (Lipinski definition) is 3. The van der Waals surface area contributed by atoms with E-state index in [2.05, 4.69) is 16.0 Å². The van der Waals surface area contributed by atoms with Gasteiger partial charge in [0.1, 0.15) is 0 Å². The van der Waals surface area contributed by atoms with Crippen molar-refractivity contribution >= 4 is 34.8 Å². The Morgan fingerprint density at radius 1 is 0.828 bits per heavy atom. The van der Waals surface area contributed by atoms with E-state index in [1.807, 2.05) is 34.6 Å². The summed E-state index contributed by atoms with van der Waals surface area (Å²) < 4.78 is 0. The highest BCUT2D eigenvalue weighted by atomic mass is 16.2. The number of carbonyl (C=O) groups is 3. The molecule has 2 rings (SSSR count). The second kappa shape index (κ2) is 9.37. The van der Waals surface area contributed by atoms with Gasteiger partial charge in [-0.2, -0.15) is 0 Å². The Bertz CT molecular complexity index is 881. The van der Waals surface area contributed by atoms with Gasteiger partial charge in [-0.25, -0.2) is 0 Å². The third-order valence-corrected chi connectivity index (χ3v) is 4.08. The summed E-state index contributed by atoms with van der Waals surface area (Å²) in [6.45, 7) is 9.46. The van der Waals surface area contributed by atoms with E-state index in [9.17, 15) is 14.4 Å². The number of nitrogens with one attached hydrogen (secondary N) is 3. The average Bonchev–Trinajstić information content (AvgIpc) is 2.62. The normalized spacial score (nSPS) is 11.1. The summed E-state index contributed by atoms with van der Waals surface area (Å²) in [7, 11) is 0. The number of amides is 3. The van der Waals surface area contributed by atoms with Crippen LogP contribution in [0.4, 0.5) is 17.1 Å². The van der Waals surface area contributed by atoms with Gasteiger partial charge in [0.2, 0.25) is 11.8 Å². The Kier molecular flexibility index (Phi) is 7.15. The Morgan fingerprint density at radius 2 is 1.41 bits per heavy atom. The number of hydrogen-bond acceptors (Lipinski definition) is 3. The molecule has 2 aromatic rings.